The van der Waals surface area contributed by atoms with Crippen molar-refractivity contribution in [3.8, 4) is 0 Å². The zero-order chi connectivity index (χ0) is 25.0. The molecule has 4 aliphatic carbocycles. The molecule has 4 rings (SSSR count). The zero-order valence-corrected chi connectivity index (χ0v) is 24.4. The Labute approximate surface area is 220 Å². The predicted octanol–water partition coefficient (Wildman–Crippen LogP) is 10.1. The van der Waals surface area contributed by atoms with E-state index < -0.39 is 0 Å². The fourth-order valence-electron chi connectivity index (χ4n) is 10.00. The number of hydrogen-bond acceptors (Lipinski definition) is 1. The SMILES string of the molecule is CCCC1CCC(C(C)(C)C(C[C@H](C)CCC2C3CCCCC3C[C@@H]2O)C2CCC(C)CC2)CC1. The Morgan fingerprint density at radius 1 is 0.857 bits per heavy atom. The van der Waals surface area contributed by atoms with Gasteiger partial charge in [-0.1, -0.05) is 98.8 Å². The molecule has 0 heterocycles. The highest BCUT2D eigenvalue weighted by molar-refractivity contribution is 4.95. The van der Waals surface area contributed by atoms with Crippen LogP contribution in [0.4, 0.5) is 0 Å². The summed E-state index contributed by atoms with van der Waals surface area (Å²) in [6, 6.07) is 0. The molecule has 0 saturated heterocycles. The van der Waals surface area contributed by atoms with Gasteiger partial charge in [0.25, 0.3) is 0 Å². The summed E-state index contributed by atoms with van der Waals surface area (Å²) in [6.07, 6.45) is 25.5. The Morgan fingerprint density at radius 2 is 1.54 bits per heavy atom. The van der Waals surface area contributed by atoms with Crippen molar-refractivity contribution in [3.63, 3.8) is 0 Å². The molecule has 0 aliphatic heterocycles. The van der Waals surface area contributed by atoms with Gasteiger partial charge in [0, 0.05) is 0 Å². The maximum atomic E-state index is 10.9. The predicted molar refractivity (Wildman–Crippen MR) is 151 cm³/mol. The smallest absolute Gasteiger partial charge is 0.0573 e. The average Bonchev–Trinajstić information content (AvgIpc) is 3.17. The second-order valence-electron chi connectivity index (χ2n) is 15.0. The molecule has 4 fully saturated rings. The van der Waals surface area contributed by atoms with Crippen molar-refractivity contribution < 1.29 is 5.11 Å². The molecule has 0 spiro atoms. The van der Waals surface area contributed by atoms with Crippen LogP contribution in [0.2, 0.25) is 0 Å². The van der Waals surface area contributed by atoms with Gasteiger partial charge >= 0.3 is 0 Å². The van der Waals surface area contributed by atoms with Crippen molar-refractivity contribution in [2.24, 2.45) is 58.7 Å². The van der Waals surface area contributed by atoms with Gasteiger partial charge in [0.2, 0.25) is 0 Å². The third kappa shape index (κ3) is 6.89. The number of rotatable bonds is 10. The molecule has 0 aromatic heterocycles. The molecule has 1 heteroatoms. The molecule has 4 unspecified atom stereocenters. The molecule has 0 aromatic rings. The summed E-state index contributed by atoms with van der Waals surface area (Å²) < 4.78 is 0. The summed E-state index contributed by atoms with van der Waals surface area (Å²) in [6.45, 7) is 12.8. The number of aliphatic hydroxyl groups is 1. The Bertz CT molecular complexity index is 608. The van der Waals surface area contributed by atoms with Gasteiger partial charge in [0.1, 0.15) is 0 Å². The first-order chi connectivity index (χ1) is 16.8. The molecule has 0 amide bonds. The molecule has 35 heavy (non-hydrogen) atoms. The van der Waals surface area contributed by atoms with Crippen LogP contribution in [0.25, 0.3) is 0 Å². The number of aliphatic hydroxyl groups excluding tert-OH is 1. The van der Waals surface area contributed by atoms with Gasteiger partial charge in [-0.2, -0.15) is 0 Å². The highest BCUT2D eigenvalue weighted by Crippen LogP contribution is 2.53. The third-order valence-corrected chi connectivity index (χ3v) is 12.4. The summed E-state index contributed by atoms with van der Waals surface area (Å²) in [5.41, 5.74) is 0.484. The quantitative estimate of drug-likeness (QED) is 0.325. The van der Waals surface area contributed by atoms with Crippen molar-refractivity contribution in [1.29, 1.82) is 0 Å². The van der Waals surface area contributed by atoms with Gasteiger partial charge in [0.05, 0.1) is 6.10 Å². The summed E-state index contributed by atoms with van der Waals surface area (Å²) >= 11 is 0. The second kappa shape index (κ2) is 12.7. The van der Waals surface area contributed by atoms with E-state index in [4.69, 9.17) is 0 Å². The van der Waals surface area contributed by atoms with Crippen molar-refractivity contribution in [1.82, 2.24) is 0 Å². The van der Waals surface area contributed by atoms with Gasteiger partial charge in [-0.25, -0.2) is 0 Å². The molecular formula is C34H62O. The maximum Gasteiger partial charge on any atom is 0.0573 e. The van der Waals surface area contributed by atoms with Crippen molar-refractivity contribution >= 4 is 0 Å². The molecule has 1 nitrogen and oxygen atoms in total. The molecule has 204 valence electrons. The molecule has 0 aromatic carbocycles. The normalized spacial score (nSPS) is 40.3. The van der Waals surface area contributed by atoms with Gasteiger partial charge in [-0.05, 0) is 110 Å². The summed E-state index contributed by atoms with van der Waals surface area (Å²) in [4.78, 5) is 0. The van der Waals surface area contributed by atoms with Crippen LogP contribution >= 0.6 is 0 Å². The molecule has 6 atom stereocenters. The maximum absolute atomic E-state index is 10.9. The minimum absolute atomic E-state index is 0.000625. The summed E-state index contributed by atoms with van der Waals surface area (Å²) in [5.74, 6) is 7.86. The molecule has 4 aliphatic rings. The lowest BCUT2D eigenvalue weighted by Gasteiger charge is -2.49. The number of fused-ring (bicyclic) bond motifs is 1. The first kappa shape index (κ1) is 28.0. The lowest BCUT2D eigenvalue weighted by molar-refractivity contribution is 0.00421. The zero-order valence-electron chi connectivity index (χ0n) is 24.4. The van der Waals surface area contributed by atoms with Crippen LogP contribution in [-0.4, -0.2) is 11.2 Å². The van der Waals surface area contributed by atoms with Gasteiger partial charge < -0.3 is 5.11 Å². The fraction of sp³-hybridized carbons (Fsp3) is 1.00. The topological polar surface area (TPSA) is 20.2 Å². The molecule has 0 radical (unpaired) electrons. The van der Waals surface area contributed by atoms with Crippen molar-refractivity contribution in [2.45, 2.75) is 156 Å². The lowest BCUT2D eigenvalue weighted by Crippen LogP contribution is -2.40. The third-order valence-electron chi connectivity index (χ3n) is 12.4. The average molecular weight is 487 g/mol. The minimum atomic E-state index is 0.000625. The first-order valence-electron chi connectivity index (χ1n) is 16.5. The highest BCUT2D eigenvalue weighted by atomic mass is 16.3. The fourth-order valence-corrected chi connectivity index (χ4v) is 10.00. The van der Waals surface area contributed by atoms with Crippen LogP contribution in [0.15, 0.2) is 0 Å². The Hall–Kier alpha value is -0.0400. The Morgan fingerprint density at radius 3 is 2.23 bits per heavy atom. The van der Waals surface area contributed by atoms with Crippen LogP contribution < -0.4 is 0 Å². The number of hydrogen-bond donors (Lipinski definition) is 1. The Balaban J connectivity index is 1.38. The van der Waals surface area contributed by atoms with Gasteiger partial charge in [0.15, 0.2) is 0 Å². The summed E-state index contributed by atoms with van der Waals surface area (Å²) in [5, 5.41) is 10.9. The van der Waals surface area contributed by atoms with E-state index in [0.29, 0.717) is 11.3 Å². The van der Waals surface area contributed by atoms with E-state index in [0.717, 1.165) is 53.8 Å². The van der Waals surface area contributed by atoms with Crippen molar-refractivity contribution in [3.05, 3.63) is 0 Å². The van der Waals surface area contributed by atoms with E-state index in [-0.39, 0.29) is 6.10 Å². The first-order valence-corrected chi connectivity index (χ1v) is 16.5. The van der Waals surface area contributed by atoms with Gasteiger partial charge in [-0.15, -0.1) is 0 Å². The molecule has 4 saturated carbocycles. The van der Waals surface area contributed by atoms with E-state index in [9.17, 15) is 5.11 Å². The van der Waals surface area contributed by atoms with E-state index >= 15 is 0 Å². The molecular weight excluding hydrogens is 424 g/mol. The summed E-state index contributed by atoms with van der Waals surface area (Å²) in [7, 11) is 0. The van der Waals surface area contributed by atoms with Crippen LogP contribution in [0.5, 0.6) is 0 Å². The standard InChI is InChI=1S/C34H62O/c1-6-9-26-15-19-29(20-16-26)34(4,5)32(27-17-12-24(2)13-18-27)22-25(3)14-21-31-30-11-8-7-10-28(30)23-33(31)35/h24-33,35H,6-23H2,1-5H3/t24?,25-,26?,27?,28?,29?,30?,31?,32?,33+/m1/s1. The van der Waals surface area contributed by atoms with E-state index in [1.54, 1.807) is 0 Å². The van der Waals surface area contributed by atoms with E-state index in [1.807, 2.05) is 0 Å². The minimum Gasteiger partial charge on any atom is -0.393 e. The van der Waals surface area contributed by atoms with Crippen molar-refractivity contribution in [2.75, 3.05) is 0 Å². The van der Waals surface area contributed by atoms with Crippen LogP contribution in [0, 0.1) is 58.7 Å². The van der Waals surface area contributed by atoms with E-state index in [1.165, 1.54) is 109 Å². The molecule has 1 N–H and O–H groups in total. The van der Waals surface area contributed by atoms with Gasteiger partial charge in [-0.3, -0.25) is 0 Å². The monoisotopic (exact) mass is 486 g/mol. The second-order valence-corrected chi connectivity index (χ2v) is 15.0. The van der Waals surface area contributed by atoms with Crippen LogP contribution in [0.1, 0.15) is 150 Å². The van der Waals surface area contributed by atoms with Crippen LogP contribution in [-0.2, 0) is 0 Å². The largest absolute Gasteiger partial charge is 0.393 e. The van der Waals surface area contributed by atoms with E-state index in [2.05, 4.69) is 34.6 Å². The van der Waals surface area contributed by atoms with Crippen LogP contribution in [0.3, 0.4) is 0 Å². The lowest BCUT2D eigenvalue weighted by atomic mass is 9.56. The molecule has 0 bridgehead atoms. The Kier molecular flexibility index (Phi) is 10.1. The highest BCUT2D eigenvalue weighted by Gasteiger charge is 2.45.